The number of carbonyl (C=O) groups excluding carboxylic acids is 2. The van der Waals surface area contributed by atoms with E-state index in [1.165, 1.54) is 13.0 Å². The predicted molar refractivity (Wildman–Crippen MR) is 45.4 cm³/mol. The number of hydrogen-bond donors (Lipinski definition) is 1. The maximum atomic E-state index is 9.06. The fourth-order valence-corrected chi connectivity index (χ4v) is 0. The van der Waals surface area contributed by atoms with Gasteiger partial charge in [-0.1, -0.05) is 6.58 Å². The molecule has 0 unspecified atom stereocenters. The highest BCUT2D eigenvalue weighted by Gasteiger charge is 1.69. The fourth-order valence-electron chi connectivity index (χ4n) is 0. The maximum Gasteiger partial charge on any atom is 0.142 e. The number of aliphatic hydroxyl groups excluding tert-OH is 1. The Hall–Kier alpha value is -0.960. The molecule has 0 aliphatic rings. The summed E-state index contributed by atoms with van der Waals surface area (Å²) in [7, 11) is 0. The zero-order chi connectivity index (χ0) is 9.70. The number of aliphatic hydroxyl groups is 1. The van der Waals surface area contributed by atoms with Crippen molar-refractivity contribution in [3.8, 4) is 0 Å². The third kappa shape index (κ3) is 280000. The smallest absolute Gasteiger partial charge is 0.142 e. The van der Waals surface area contributed by atoms with Crippen LogP contribution >= 0.6 is 0 Å². The van der Waals surface area contributed by atoms with Crippen molar-refractivity contribution >= 4 is 12.6 Å². The summed E-state index contributed by atoms with van der Waals surface area (Å²) in [4.78, 5) is 17.9. The topological polar surface area (TPSA) is 54.4 Å². The number of aldehydes is 2. The molecule has 3 heteroatoms. The Morgan fingerprint density at radius 2 is 1.45 bits per heavy atom. The number of allylic oxidation sites excluding steroid dienone is 1. The van der Waals surface area contributed by atoms with Crippen molar-refractivity contribution in [1.29, 1.82) is 0 Å². The summed E-state index contributed by atoms with van der Waals surface area (Å²) < 4.78 is 0. The van der Waals surface area contributed by atoms with Crippen LogP contribution in [0.3, 0.4) is 0 Å². The lowest BCUT2D eigenvalue weighted by molar-refractivity contribution is -0.106. The summed E-state index contributed by atoms with van der Waals surface area (Å²) in [5.41, 5.74) is 0. The van der Waals surface area contributed by atoms with Gasteiger partial charge in [-0.2, -0.15) is 0 Å². The summed E-state index contributed by atoms with van der Waals surface area (Å²) in [5, 5.41) is 8.06. The molecule has 1 N–H and O–H groups in total. The lowest BCUT2D eigenvalue weighted by Crippen LogP contribution is -1.85. The molecule has 0 atom stereocenters. The Kier molecular flexibility index (Phi) is 34.6. The van der Waals surface area contributed by atoms with Crippen LogP contribution in [0.1, 0.15) is 20.8 Å². The van der Waals surface area contributed by atoms with Crippen molar-refractivity contribution in [1.82, 2.24) is 0 Å². The summed E-state index contributed by atoms with van der Waals surface area (Å²) in [5.74, 6) is 0. The number of carbonyl (C=O) groups is 2. The van der Waals surface area contributed by atoms with Crippen LogP contribution < -0.4 is 0 Å². The van der Waals surface area contributed by atoms with Gasteiger partial charge in [0, 0.05) is 6.10 Å². The van der Waals surface area contributed by atoms with E-state index in [1.807, 2.05) is 0 Å². The molecule has 11 heavy (non-hydrogen) atoms. The van der Waals surface area contributed by atoms with Gasteiger partial charge in [-0.15, -0.1) is 0 Å². The van der Waals surface area contributed by atoms with Crippen molar-refractivity contribution < 1.29 is 14.7 Å². The van der Waals surface area contributed by atoms with Crippen molar-refractivity contribution in [2.75, 3.05) is 0 Å². The summed E-state index contributed by atoms with van der Waals surface area (Å²) in [6, 6.07) is 0. The summed E-state index contributed by atoms with van der Waals surface area (Å²) in [6.45, 7) is 8.00. The van der Waals surface area contributed by atoms with E-state index in [0.29, 0.717) is 6.29 Å². The predicted octanol–water partition coefficient (Wildman–Crippen LogP) is 0.964. The quantitative estimate of drug-likeness (QED) is 0.459. The first-order chi connectivity index (χ1) is 5.06. The van der Waals surface area contributed by atoms with Crippen molar-refractivity contribution in [3.63, 3.8) is 0 Å². The van der Waals surface area contributed by atoms with E-state index in [1.54, 1.807) is 13.8 Å². The second-order valence-corrected chi connectivity index (χ2v) is 1.70. The van der Waals surface area contributed by atoms with Gasteiger partial charge in [-0.05, 0) is 26.8 Å². The van der Waals surface area contributed by atoms with Gasteiger partial charge in [0.1, 0.15) is 12.6 Å². The van der Waals surface area contributed by atoms with Gasteiger partial charge >= 0.3 is 0 Å². The van der Waals surface area contributed by atoms with E-state index in [2.05, 4.69) is 6.58 Å². The van der Waals surface area contributed by atoms with Crippen molar-refractivity contribution in [2.45, 2.75) is 26.9 Å². The van der Waals surface area contributed by atoms with Crippen LogP contribution in [0.4, 0.5) is 0 Å². The first kappa shape index (κ1) is 16.6. The van der Waals surface area contributed by atoms with E-state index in [0.717, 1.165) is 6.29 Å². The molecule has 0 saturated heterocycles. The minimum absolute atomic E-state index is 0.167. The van der Waals surface area contributed by atoms with Gasteiger partial charge in [0.15, 0.2) is 0 Å². The first-order valence-electron chi connectivity index (χ1n) is 3.20. The largest absolute Gasteiger partial charge is 0.394 e. The fraction of sp³-hybridized carbons (Fsp3) is 0.500. The highest BCUT2D eigenvalue weighted by molar-refractivity contribution is 5.63. The van der Waals surface area contributed by atoms with Gasteiger partial charge in [0.25, 0.3) is 0 Å². The Bertz CT molecular complexity index is 78.6. The second kappa shape index (κ2) is 23.0. The Morgan fingerprint density at radius 1 is 1.36 bits per heavy atom. The zero-order valence-corrected chi connectivity index (χ0v) is 7.28. The maximum absolute atomic E-state index is 9.06. The minimum atomic E-state index is -0.167. The van der Waals surface area contributed by atoms with E-state index in [9.17, 15) is 0 Å². The summed E-state index contributed by atoms with van der Waals surface area (Å²) >= 11 is 0. The monoisotopic (exact) mass is 160 g/mol. The molecule has 0 rings (SSSR count). The van der Waals surface area contributed by atoms with Gasteiger partial charge < -0.3 is 9.90 Å². The molecule has 3 nitrogen and oxygen atoms in total. The average molecular weight is 160 g/mol. The molecule has 66 valence electrons. The lowest BCUT2D eigenvalue weighted by Gasteiger charge is -1.80. The Morgan fingerprint density at radius 3 is 1.45 bits per heavy atom. The van der Waals surface area contributed by atoms with Crippen LogP contribution in [0.2, 0.25) is 0 Å². The zero-order valence-electron chi connectivity index (χ0n) is 7.28. The number of hydrogen-bond acceptors (Lipinski definition) is 3. The van der Waals surface area contributed by atoms with E-state index in [-0.39, 0.29) is 6.10 Å². The third-order valence-electron chi connectivity index (χ3n) is 0.0962. The normalized spacial score (nSPS) is 6.27. The molecule has 0 spiro atoms. The molecule has 0 radical (unpaired) electrons. The average Bonchev–Trinajstić information content (AvgIpc) is 1.88. The van der Waals surface area contributed by atoms with Crippen molar-refractivity contribution in [2.24, 2.45) is 0 Å². The van der Waals surface area contributed by atoms with Crippen LogP contribution in [-0.2, 0) is 9.59 Å². The van der Waals surface area contributed by atoms with Crippen LogP contribution in [0, 0.1) is 0 Å². The highest BCUT2D eigenvalue weighted by atomic mass is 16.3. The molecular formula is C8H16O3. The third-order valence-corrected chi connectivity index (χ3v) is 0.0962. The standard InChI is InChI=1S/C3H8O.C3H4O.C2H4O/c1-3(2)4;1-2-3-4;1-2-3/h3-4H,1-2H3;2-3H,1H2;2H,1H3. The van der Waals surface area contributed by atoms with E-state index >= 15 is 0 Å². The van der Waals surface area contributed by atoms with Gasteiger partial charge in [0.05, 0.1) is 0 Å². The molecule has 0 fully saturated rings. The molecule has 0 aliphatic heterocycles. The van der Waals surface area contributed by atoms with Gasteiger partial charge in [0.2, 0.25) is 0 Å². The summed E-state index contributed by atoms with van der Waals surface area (Å²) in [6.07, 6.45) is 2.42. The SMILES string of the molecule is C=CC=O.CC(C)O.CC=O. The molecule has 0 aromatic rings. The van der Waals surface area contributed by atoms with E-state index in [4.69, 9.17) is 14.7 Å². The van der Waals surface area contributed by atoms with Crippen LogP contribution in [0.25, 0.3) is 0 Å². The van der Waals surface area contributed by atoms with Gasteiger partial charge in [-0.25, -0.2) is 0 Å². The van der Waals surface area contributed by atoms with Crippen LogP contribution in [-0.4, -0.2) is 23.8 Å². The molecular weight excluding hydrogens is 144 g/mol. The molecule has 0 aromatic carbocycles. The Balaban J connectivity index is -0.0000000886. The number of rotatable bonds is 1. The minimum Gasteiger partial charge on any atom is -0.394 e. The highest BCUT2D eigenvalue weighted by Crippen LogP contribution is 1.65. The van der Waals surface area contributed by atoms with Crippen LogP contribution in [0.5, 0.6) is 0 Å². The van der Waals surface area contributed by atoms with Gasteiger partial charge in [-0.3, -0.25) is 4.79 Å². The van der Waals surface area contributed by atoms with Crippen LogP contribution in [0.15, 0.2) is 12.7 Å². The molecule has 0 aliphatic carbocycles. The molecule has 0 aromatic heterocycles. The van der Waals surface area contributed by atoms with Crippen molar-refractivity contribution in [3.05, 3.63) is 12.7 Å². The first-order valence-corrected chi connectivity index (χ1v) is 3.20. The lowest BCUT2D eigenvalue weighted by atomic mass is 10.5. The molecule has 0 bridgehead atoms. The second-order valence-electron chi connectivity index (χ2n) is 1.70. The van der Waals surface area contributed by atoms with E-state index < -0.39 is 0 Å². The molecule has 0 saturated carbocycles. The Labute approximate surface area is 67.7 Å². The molecule has 0 heterocycles. The molecule has 0 amide bonds.